The molecule has 0 aromatic carbocycles. The van der Waals surface area contributed by atoms with Gasteiger partial charge in [0.15, 0.2) is 12.2 Å². The van der Waals surface area contributed by atoms with Crippen LogP contribution in [0.15, 0.2) is 0 Å². The average molecular weight is 1200 g/mol. The zero-order valence-corrected chi connectivity index (χ0v) is 54.0. The summed E-state index contributed by atoms with van der Waals surface area (Å²) in [6.07, 6.45) is 33.8. The molecule has 3 N–H and O–H groups in total. The van der Waals surface area contributed by atoms with Crippen LogP contribution in [0.25, 0.3) is 0 Å². The standard InChI is InChI=1S/C62H120O17P2/c1-8-9-10-11-12-13-14-15-16-17-20-31-38-45-61(66)78-57(49-72-59(64)43-36-29-21-18-19-26-33-40-53(2)3)51-76-80(68,69)74-47-56(63)48-75-81(70,71)77-52-58(79-62(67)46-39-32-25-23-28-35-42-55(6)7)50-73-60(65)44-37-30-24-22-27-34-41-54(4)5/h53-58,63H,8-52H2,1-7H3,(H,68,69)(H,70,71)/t56-,57-,58-/m1/s1. The molecule has 2 unspecified atom stereocenters. The molecular weight excluding hydrogens is 1080 g/mol. The van der Waals surface area contributed by atoms with E-state index in [1.807, 2.05) is 0 Å². The van der Waals surface area contributed by atoms with Gasteiger partial charge in [0.1, 0.15) is 19.3 Å². The second kappa shape index (κ2) is 53.5. The lowest BCUT2D eigenvalue weighted by Gasteiger charge is -2.21. The minimum Gasteiger partial charge on any atom is -0.462 e. The number of hydrogen-bond acceptors (Lipinski definition) is 15. The number of aliphatic hydroxyl groups excluding tert-OH is 1. The number of unbranched alkanes of at least 4 members (excludes halogenated alkanes) is 28. The first-order valence-electron chi connectivity index (χ1n) is 32.3. The largest absolute Gasteiger partial charge is 0.472 e. The summed E-state index contributed by atoms with van der Waals surface area (Å²) >= 11 is 0. The lowest BCUT2D eigenvalue weighted by molar-refractivity contribution is -0.161. The topological polar surface area (TPSA) is 237 Å². The number of phosphoric ester groups is 2. The van der Waals surface area contributed by atoms with Crippen LogP contribution >= 0.6 is 15.6 Å². The highest BCUT2D eigenvalue weighted by Crippen LogP contribution is 2.45. The summed E-state index contributed by atoms with van der Waals surface area (Å²) in [4.78, 5) is 72.0. The summed E-state index contributed by atoms with van der Waals surface area (Å²) in [6.45, 7) is 11.5. The third-order valence-corrected chi connectivity index (χ3v) is 16.0. The molecule has 0 rings (SSSR count). The minimum atomic E-state index is -4.94. The highest BCUT2D eigenvalue weighted by Gasteiger charge is 2.30. The molecule has 0 spiro atoms. The molecule has 0 amide bonds. The fourth-order valence-electron chi connectivity index (χ4n) is 9.13. The van der Waals surface area contributed by atoms with Gasteiger partial charge in [-0.25, -0.2) is 9.13 Å². The fourth-order valence-corrected chi connectivity index (χ4v) is 10.7. The Hall–Kier alpha value is -1.94. The van der Waals surface area contributed by atoms with Crippen molar-refractivity contribution in [2.45, 2.75) is 317 Å². The van der Waals surface area contributed by atoms with Gasteiger partial charge in [-0.1, -0.05) is 248 Å². The third-order valence-electron chi connectivity index (χ3n) is 14.1. The van der Waals surface area contributed by atoms with Crippen molar-refractivity contribution in [3.63, 3.8) is 0 Å². The van der Waals surface area contributed by atoms with E-state index in [9.17, 15) is 43.2 Å². The number of carbonyl (C=O) groups is 4. The number of esters is 4. The van der Waals surface area contributed by atoms with Crippen LogP contribution in [-0.2, 0) is 65.4 Å². The molecule has 0 aliphatic rings. The minimum absolute atomic E-state index is 0.101. The Morgan fingerprint density at radius 2 is 0.568 bits per heavy atom. The van der Waals surface area contributed by atoms with Gasteiger partial charge in [0.05, 0.1) is 26.4 Å². The van der Waals surface area contributed by atoms with E-state index in [0.717, 1.165) is 103 Å². The molecule has 0 radical (unpaired) electrons. The third kappa shape index (κ3) is 56.9. The van der Waals surface area contributed by atoms with Crippen LogP contribution in [0.5, 0.6) is 0 Å². The molecule has 0 aromatic heterocycles. The van der Waals surface area contributed by atoms with E-state index in [2.05, 4.69) is 48.5 Å². The second-order valence-corrected chi connectivity index (χ2v) is 26.8. The van der Waals surface area contributed by atoms with Crippen LogP contribution in [0, 0.1) is 17.8 Å². The van der Waals surface area contributed by atoms with Crippen LogP contribution in [-0.4, -0.2) is 96.7 Å². The van der Waals surface area contributed by atoms with Crippen LogP contribution < -0.4 is 0 Å². The molecule has 0 saturated carbocycles. The van der Waals surface area contributed by atoms with E-state index in [4.69, 9.17) is 37.0 Å². The molecule has 0 heterocycles. The summed E-state index contributed by atoms with van der Waals surface area (Å²) < 4.78 is 67.8. The molecule has 17 nitrogen and oxygen atoms in total. The van der Waals surface area contributed by atoms with Gasteiger partial charge in [-0.15, -0.1) is 0 Å². The first kappa shape index (κ1) is 79.1. The zero-order chi connectivity index (χ0) is 60.3. The molecule has 0 aromatic rings. The van der Waals surface area contributed by atoms with Crippen LogP contribution in [0.4, 0.5) is 0 Å². The molecule has 0 aliphatic carbocycles. The Morgan fingerprint density at radius 3 is 0.840 bits per heavy atom. The predicted octanol–water partition coefficient (Wildman–Crippen LogP) is 16.7. The quantitative estimate of drug-likeness (QED) is 0.0222. The van der Waals surface area contributed by atoms with E-state index in [-0.39, 0.29) is 25.7 Å². The Bertz CT molecular complexity index is 1610. The van der Waals surface area contributed by atoms with Gasteiger partial charge in [-0.05, 0) is 43.4 Å². The highest BCUT2D eigenvalue weighted by molar-refractivity contribution is 7.47. The second-order valence-electron chi connectivity index (χ2n) is 23.9. The van der Waals surface area contributed by atoms with E-state index in [1.165, 1.54) is 96.3 Å². The van der Waals surface area contributed by atoms with Gasteiger partial charge in [0.25, 0.3) is 0 Å². The van der Waals surface area contributed by atoms with Gasteiger partial charge in [-0.3, -0.25) is 37.3 Å². The van der Waals surface area contributed by atoms with Gasteiger partial charge in [0, 0.05) is 25.7 Å². The van der Waals surface area contributed by atoms with Gasteiger partial charge in [0.2, 0.25) is 0 Å². The van der Waals surface area contributed by atoms with Crippen molar-refractivity contribution in [1.29, 1.82) is 0 Å². The number of rotatable bonds is 60. The fraction of sp³-hybridized carbons (Fsp3) is 0.935. The van der Waals surface area contributed by atoms with Crippen LogP contribution in [0.3, 0.4) is 0 Å². The molecule has 19 heteroatoms. The Kier molecular flexibility index (Phi) is 52.2. The first-order chi connectivity index (χ1) is 38.7. The van der Waals surface area contributed by atoms with E-state index < -0.39 is 97.5 Å². The lowest BCUT2D eigenvalue weighted by Crippen LogP contribution is -2.30. The number of phosphoric acid groups is 2. The molecular formula is C62H120O17P2. The average Bonchev–Trinajstić information content (AvgIpc) is 3.41. The highest BCUT2D eigenvalue weighted by atomic mass is 31.2. The monoisotopic (exact) mass is 1200 g/mol. The van der Waals surface area contributed by atoms with Crippen molar-refractivity contribution in [1.82, 2.24) is 0 Å². The molecule has 0 saturated heterocycles. The zero-order valence-electron chi connectivity index (χ0n) is 52.2. The summed E-state index contributed by atoms with van der Waals surface area (Å²) in [7, 11) is -9.88. The molecule has 0 aliphatic heterocycles. The van der Waals surface area contributed by atoms with Gasteiger partial charge in [-0.2, -0.15) is 0 Å². The summed E-state index contributed by atoms with van der Waals surface area (Å²) in [5.74, 6) is -0.0902. The summed E-state index contributed by atoms with van der Waals surface area (Å²) in [5.41, 5.74) is 0. The van der Waals surface area contributed by atoms with Crippen molar-refractivity contribution >= 4 is 39.5 Å². The number of hydrogen-bond donors (Lipinski definition) is 3. The van der Waals surface area contributed by atoms with Crippen molar-refractivity contribution in [2.24, 2.45) is 17.8 Å². The Morgan fingerprint density at radius 1 is 0.333 bits per heavy atom. The smallest absolute Gasteiger partial charge is 0.462 e. The van der Waals surface area contributed by atoms with Gasteiger partial charge >= 0.3 is 39.5 Å². The van der Waals surface area contributed by atoms with Crippen LogP contribution in [0.2, 0.25) is 0 Å². The van der Waals surface area contributed by atoms with Crippen molar-refractivity contribution in [3.8, 4) is 0 Å². The maximum Gasteiger partial charge on any atom is 0.472 e. The summed E-state index contributed by atoms with van der Waals surface area (Å²) in [6, 6.07) is 0. The van der Waals surface area contributed by atoms with E-state index >= 15 is 0 Å². The maximum atomic E-state index is 12.9. The molecule has 0 fully saturated rings. The normalized spacial score (nSPS) is 14.4. The molecule has 0 bridgehead atoms. The number of ether oxygens (including phenoxy) is 4. The van der Waals surface area contributed by atoms with Crippen molar-refractivity contribution in [2.75, 3.05) is 39.6 Å². The Balaban J connectivity index is 5.23. The molecule has 480 valence electrons. The SMILES string of the molecule is CCCCCCCCCCCCCCCC(=O)O[C@H](COC(=O)CCCCCCCCCC(C)C)COP(=O)(O)OC[C@@H](O)COP(=O)(O)OC[C@@H](COC(=O)CCCCCCCCC(C)C)OC(=O)CCCCCCCCC(C)C. The molecule has 81 heavy (non-hydrogen) atoms. The van der Waals surface area contributed by atoms with Gasteiger partial charge < -0.3 is 33.8 Å². The number of aliphatic hydroxyl groups is 1. The first-order valence-corrected chi connectivity index (χ1v) is 35.3. The summed E-state index contributed by atoms with van der Waals surface area (Å²) in [5, 5.41) is 10.5. The lowest BCUT2D eigenvalue weighted by atomic mass is 10.0. The van der Waals surface area contributed by atoms with E-state index in [0.29, 0.717) is 43.4 Å². The Labute approximate surface area is 492 Å². The predicted molar refractivity (Wildman–Crippen MR) is 321 cm³/mol. The van der Waals surface area contributed by atoms with Crippen LogP contribution in [0.1, 0.15) is 299 Å². The van der Waals surface area contributed by atoms with E-state index in [1.54, 1.807) is 0 Å². The van der Waals surface area contributed by atoms with Crippen molar-refractivity contribution < 1.29 is 80.2 Å². The van der Waals surface area contributed by atoms with Crippen molar-refractivity contribution in [3.05, 3.63) is 0 Å². The molecule has 5 atom stereocenters. The maximum absolute atomic E-state index is 12.9. The number of carbonyl (C=O) groups excluding carboxylic acids is 4.